The molecule has 0 bridgehead atoms. The summed E-state index contributed by atoms with van der Waals surface area (Å²) < 4.78 is 29.7. The first kappa shape index (κ1) is 13.9. The van der Waals surface area contributed by atoms with E-state index in [-0.39, 0.29) is 22.9 Å². The van der Waals surface area contributed by atoms with Gasteiger partial charge in [-0.1, -0.05) is 0 Å². The van der Waals surface area contributed by atoms with Crippen LogP contribution < -0.4 is 5.32 Å². The Kier molecular flexibility index (Phi) is 3.51. The normalized spacial score (nSPS) is 22.9. The molecule has 110 valence electrons. The zero-order chi connectivity index (χ0) is 14.3. The summed E-state index contributed by atoms with van der Waals surface area (Å²) in [6.07, 6.45) is 4.11. The fourth-order valence-electron chi connectivity index (χ4n) is 2.33. The molecule has 1 aromatic rings. The second-order valence-corrected chi connectivity index (χ2v) is 7.74. The van der Waals surface area contributed by atoms with Crippen molar-refractivity contribution >= 4 is 25.6 Å². The summed E-state index contributed by atoms with van der Waals surface area (Å²) in [7, 11) is 1.53. The molecule has 2 fully saturated rings. The molecule has 6 nitrogen and oxygen atoms in total. The second kappa shape index (κ2) is 5.05. The van der Waals surface area contributed by atoms with Crippen LogP contribution in [0.3, 0.4) is 0 Å². The van der Waals surface area contributed by atoms with E-state index in [9.17, 15) is 13.2 Å². The largest absolute Gasteiger partial charge is 0.379 e. The molecule has 1 aliphatic heterocycles. The Morgan fingerprint density at radius 3 is 2.70 bits per heavy atom. The minimum atomic E-state index is -3.82. The lowest BCUT2D eigenvalue weighted by Gasteiger charge is -2.12. The zero-order valence-electron chi connectivity index (χ0n) is 10.7. The highest BCUT2D eigenvalue weighted by Crippen LogP contribution is 2.37. The van der Waals surface area contributed by atoms with Gasteiger partial charge in [0, 0.05) is 29.5 Å². The molecule has 0 spiro atoms. The highest BCUT2D eigenvalue weighted by molar-refractivity contribution is 8.13. The molecule has 1 atom stereocenters. The van der Waals surface area contributed by atoms with Crippen LogP contribution in [0.4, 0.5) is 0 Å². The number of aromatic nitrogens is 1. The van der Waals surface area contributed by atoms with Crippen LogP contribution in [-0.2, 0) is 13.8 Å². The SMILES string of the molecule is O=C(NC1CCOC1)c1cc(S(=O)(=O)Cl)cn1C1CC1. The van der Waals surface area contributed by atoms with Crippen LogP contribution >= 0.6 is 10.7 Å². The molecule has 8 heteroatoms. The standard InChI is InChI=1S/C12H15ClN2O4S/c13-20(17,18)10-5-11(15(6-10)9-1-2-9)12(16)14-8-3-4-19-7-8/h5-6,8-9H,1-4,7H2,(H,14,16). The van der Waals surface area contributed by atoms with Crippen molar-refractivity contribution in [2.45, 2.75) is 36.2 Å². The average molecular weight is 319 g/mol. The van der Waals surface area contributed by atoms with Crippen LogP contribution in [-0.4, -0.2) is 38.1 Å². The van der Waals surface area contributed by atoms with Gasteiger partial charge < -0.3 is 14.6 Å². The molecule has 2 heterocycles. The van der Waals surface area contributed by atoms with E-state index in [2.05, 4.69) is 5.32 Å². The van der Waals surface area contributed by atoms with E-state index in [1.54, 1.807) is 4.57 Å². The second-order valence-electron chi connectivity index (χ2n) is 5.17. The lowest BCUT2D eigenvalue weighted by molar-refractivity contribution is 0.0920. The number of halogens is 1. The maximum absolute atomic E-state index is 12.3. The van der Waals surface area contributed by atoms with Gasteiger partial charge >= 0.3 is 0 Å². The molecule has 1 aromatic heterocycles. The van der Waals surface area contributed by atoms with Crippen molar-refractivity contribution in [3.8, 4) is 0 Å². The summed E-state index contributed by atoms with van der Waals surface area (Å²) in [6, 6.07) is 1.52. The fraction of sp³-hybridized carbons (Fsp3) is 0.583. The van der Waals surface area contributed by atoms with Gasteiger partial charge in [0.05, 0.1) is 12.6 Å². The van der Waals surface area contributed by atoms with Crippen LogP contribution in [0.1, 0.15) is 35.8 Å². The molecular weight excluding hydrogens is 304 g/mol. The van der Waals surface area contributed by atoms with E-state index in [0.29, 0.717) is 18.9 Å². The smallest absolute Gasteiger partial charge is 0.268 e. The third-order valence-electron chi connectivity index (χ3n) is 3.54. The number of carbonyl (C=O) groups excluding carboxylic acids is 1. The van der Waals surface area contributed by atoms with Gasteiger partial charge in [0.1, 0.15) is 10.6 Å². The molecule has 1 aliphatic carbocycles. The fourth-order valence-corrected chi connectivity index (χ4v) is 3.08. The molecular formula is C12H15ClN2O4S. The van der Waals surface area contributed by atoms with Gasteiger partial charge in [0.15, 0.2) is 0 Å². The van der Waals surface area contributed by atoms with Crippen molar-refractivity contribution in [2.75, 3.05) is 13.2 Å². The quantitative estimate of drug-likeness (QED) is 0.848. The van der Waals surface area contributed by atoms with E-state index in [0.717, 1.165) is 19.3 Å². The van der Waals surface area contributed by atoms with Crippen LogP contribution in [0, 0.1) is 0 Å². The van der Waals surface area contributed by atoms with Gasteiger partial charge in [-0.3, -0.25) is 4.79 Å². The summed E-state index contributed by atoms with van der Waals surface area (Å²) in [4.78, 5) is 12.2. The number of hydrogen-bond donors (Lipinski definition) is 1. The van der Waals surface area contributed by atoms with Gasteiger partial charge in [0.2, 0.25) is 0 Å². The van der Waals surface area contributed by atoms with Crippen LogP contribution in [0.2, 0.25) is 0 Å². The molecule has 20 heavy (non-hydrogen) atoms. The van der Waals surface area contributed by atoms with Gasteiger partial charge in [-0.15, -0.1) is 0 Å². The predicted octanol–water partition coefficient (Wildman–Crippen LogP) is 1.27. The minimum absolute atomic E-state index is 0.0129. The third kappa shape index (κ3) is 2.84. The Labute approximate surface area is 121 Å². The van der Waals surface area contributed by atoms with Crippen LogP contribution in [0.25, 0.3) is 0 Å². The Morgan fingerprint density at radius 2 is 2.15 bits per heavy atom. The molecule has 1 amide bonds. The topological polar surface area (TPSA) is 77.4 Å². The van der Waals surface area contributed by atoms with E-state index in [1.165, 1.54) is 12.3 Å². The maximum Gasteiger partial charge on any atom is 0.268 e. The number of nitrogens with zero attached hydrogens (tertiary/aromatic N) is 1. The predicted molar refractivity (Wildman–Crippen MR) is 72.4 cm³/mol. The number of carbonyl (C=O) groups is 1. The first-order chi connectivity index (χ1) is 9.45. The number of amides is 1. The lowest BCUT2D eigenvalue weighted by Crippen LogP contribution is -2.36. The number of hydrogen-bond acceptors (Lipinski definition) is 4. The molecule has 1 N–H and O–H groups in total. The summed E-state index contributed by atoms with van der Waals surface area (Å²) in [5.74, 6) is -0.279. The number of rotatable bonds is 4. The zero-order valence-corrected chi connectivity index (χ0v) is 12.3. The van der Waals surface area contributed by atoms with Crippen molar-refractivity contribution in [2.24, 2.45) is 0 Å². The van der Waals surface area contributed by atoms with Crippen LogP contribution in [0.15, 0.2) is 17.2 Å². The van der Waals surface area contributed by atoms with E-state index < -0.39 is 9.05 Å². The van der Waals surface area contributed by atoms with Crippen molar-refractivity contribution in [3.63, 3.8) is 0 Å². The van der Waals surface area contributed by atoms with Crippen molar-refractivity contribution in [3.05, 3.63) is 18.0 Å². The van der Waals surface area contributed by atoms with Gasteiger partial charge in [-0.25, -0.2) is 8.42 Å². The minimum Gasteiger partial charge on any atom is -0.379 e. The number of ether oxygens (including phenoxy) is 1. The number of nitrogens with one attached hydrogen (secondary N) is 1. The Hall–Kier alpha value is -1.05. The molecule has 3 rings (SSSR count). The van der Waals surface area contributed by atoms with Gasteiger partial charge in [-0.05, 0) is 25.3 Å². The van der Waals surface area contributed by atoms with E-state index in [1.807, 2.05) is 0 Å². The van der Waals surface area contributed by atoms with Crippen molar-refractivity contribution in [1.29, 1.82) is 0 Å². The summed E-state index contributed by atoms with van der Waals surface area (Å²) in [6.45, 7) is 1.13. The van der Waals surface area contributed by atoms with E-state index in [4.69, 9.17) is 15.4 Å². The van der Waals surface area contributed by atoms with Gasteiger partial charge in [-0.2, -0.15) is 0 Å². The Morgan fingerprint density at radius 1 is 1.40 bits per heavy atom. The maximum atomic E-state index is 12.3. The summed E-state index contributed by atoms with van der Waals surface area (Å²) in [5.41, 5.74) is 0.346. The first-order valence-electron chi connectivity index (χ1n) is 6.50. The third-order valence-corrected chi connectivity index (χ3v) is 4.86. The molecule has 1 saturated heterocycles. The monoisotopic (exact) mass is 318 g/mol. The summed E-state index contributed by atoms with van der Waals surface area (Å²) >= 11 is 0. The van der Waals surface area contributed by atoms with Crippen molar-refractivity contribution in [1.82, 2.24) is 9.88 Å². The van der Waals surface area contributed by atoms with E-state index >= 15 is 0 Å². The molecule has 2 aliphatic rings. The summed E-state index contributed by atoms with van der Waals surface area (Å²) in [5, 5.41) is 2.86. The Balaban J connectivity index is 1.86. The molecule has 0 aromatic carbocycles. The molecule has 0 radical (unpaired) electrons. The first-order valence-corrected chi connectivity index (χ1v) is 8.81. The van der Waals surface area contributed by atoms with Gasteiger partial charge in [0.25, 0.3) is 15.0 Å². The highest BCUT2D eigenvalue weighted by atomic mass is 35.7. The van der Waals surface area contributed by atoms with Crippen molar-refractivity contribution < 1.29 is 17.9 Å². The highest BCUT2D eigenvalue weighted by Gasteiger charge is 2.31. The van der Waals surface area contributed by atoms with Crippen LogP contribution in [0.5, 0.6) is 0 Å². The molecule has 1 unspecified atom stereocenters. The average Bonchev–Trinajstić information content (AvgIpc) is 2.90. The Bertz CT molecular complexity index is 630. The molecule has 1 saturated carbocycles. The lowest BCUT2D eigenvalue weighted by atomic mass is 10.2.